The number of rotatable bonds is 6. The molecule has 362 valence electrons. The van der Waals surface area contributed by atoms with Crippen molar-refractivity contribution >= 4 is 29.2 Å². The molecule has 2 fully saturated rings. The molecule has 0 spiro atoms. The summed E-state index contributed by atoms with van der Waals surface area (Å²) in [6.07, 6.45) is 12.6. The van der Waals surface area contributed by atoms with Gasteiger partial charge in [-0.2, -0.15) is 0 Å². The molecule has 0 aromatic rings. The van der Waals surface area contributed by atoms with Crippen LogP contribution in [0.5, 0.6) is 0 Å². The lowest BCUT2D eigenvalue weighted by Gasteiger charge is -2.37. The van der Waals surface area contributed by atoms with Gasteiger partial charge in [-0.3, -0.25) is 19.2 Å². The minimum atomic E-state index is -2.97. The van der Waals surface area contributed by atoms with Gasteiger partial charge < -0.3 is 44.3 Å². The van der Waals surface area contributed by atoms with E-state index in [0.717, 1.165) is 10.5 Å². The predicted molar refractivity (Wildman–Crippen MR) is 243 cm³/mol. The monoisotopic (exact) mass is 902 g/mol. The van der Waals surface area contributed by atoms with Crippen molar-refractivity contribution in [3.8, 4) is 0 Å². The van der Waals surface area contributed by atoms with Crippen LogP contribution in [-0.4, -0.2) is 131 Å². The van der Waals surface area contributed by atoms with E-state index in [2.05, 4.69) is 0 Å². The van der Waals surface area contributed by atoms with Crippen molar-refractivity contribution in [2.45, 2.75) is 180 Å². The van der Waals surface area contributed by atoms with Gasteiger partial charge in [-0.1, -0.05) is 77.0 Å². The fraction of sp³-hybridized carbons (Fsp3) is 0.740. The molecular weight excluding hydrogens is 823 g/mol. The van der Waals surface area contributed by atoms with Gasteiger partial charge in [0, 0.05) is 52.6 Å². The Kier molecular flexibility index (Phi) is 22.9. The molecular formula is C50H79NO13. The molecule has 1 saturated heterocycles. The van der Waals surface area contributed by atoms with Gasteiger partial charge in [0.05, 0.1) is 18.3 Å². The van der Waals surface area contributed by atoms with Crippen molar-refractivity contribution in [3.05, 3.63) is 47.6 Å². The number of ether oxygens (including phenoxy) is 4. The largest absolute Gasteiger partial charge is 0.460 e. The first-order valence-electron chi connectivity index (χ1n) is 23.5. The lowest BCUT2D eigenvalue weighted by atomic mass is 9.78. The molecule has 14 nitrogen and oxygen atoms in total. The van der Waals surface area contributed by atoms with Crippen LogP contribution in [0.2, 0.25) is 0 Å². The molecule has 12 atom stereocenters. The predicted octanol–water partition coefficient (Wildman–Crippen LogP) is 5.92. The highest BCUT2D eigenvalue weighted by Crippen LogP contribution is 2.34. The summed E-state index contributed by atoms with van der Waals surface area (Å²) in [5, 5.41) is 44.0. The van der Waals surface area contributed by atoms with Crippen LogP contribution in [0.15, 0.2) is 47.6 Å². The molecule has 0 radical (unpaired) electrons. The highest BCUT2D eigenvalue weighted by Gasteiger charge is 2.47. The summed E-state index contributed by atoms with van der Waals surface area (Å²) in [5.74, 6) is -8.53. The summed E-state index contributed by atoms with van der Waals surface area (Å²) in [5.41, 5.74) is 1.36. The molecule has 0 unspecified atom stereocenters. The number of cyclic esters (lactones) is 1. The third-order valence-corrected chi connectivity index (χ3v) is 13.8. The number of amides is 1. The second-order valence-electron chi connectivity index (χ2n) is 18.9. The fourth-order valence-corrected chi connectivity index (χ4v) is 9.38. The second-order valence-corrected chi connectivity index (χ2v) is 18.9. The van der Waals surface area contributed by atoms with Crippen LogP contribution in [0, 0.1) is 29.6 Å². The maximum Gasteiger partial charge on any atom is 0.329 e. The second kappa shape index (κ2) is 26.7. The van der Waals surface area contributed by atoms with Crippen molar-refractivity contribution in [1.82, 2.24) is 4.90 Å². The van der Waals surface area contributed by atoms with E-state index >= 15 is 0 Å². The maximum atomic E-state index is 14.1. The molecule has 1 saturated carbocycles. The summed E-state index contributed by atoms with van der Waals surface area (Å²) < 4.78 is 22.9. The normalized spacial score (nSPS) is 36.5. The van der Waals surface area contributed by atoms with Gasteiger partial charge in [0.1, 0.15) is 30.1 Å². The SMILES string of the molecule is CO[C@H]1CCCC[C@@H](C)C(O)(O)C(=O)C(=O)N2CCCC[C@H]2C(=O)O[C@H]([C@H](C)C[C@@H]2CC[C@@H](O)[C@H](OC)C2)CC(=O)C/C=C(\C)[C@@H](O)[C@@H](OC)C(=O)[C@H](C)C[C@H](C)/C=C/C=C/C=C/1C. The molecule has 0 bridgehead atoms. The number of allylic oxidation sites excluding steroid dienone is 6. The lowest BCUT2D eigenvalue weighted by molar-refractivity contribution is -0.205. The number of esters is 1. The Morgan fingerprint density at radius 3 is 2.19 bits per heavy atom. The average molecular weight is 902 g/mol. The van der Waals surface area contributed by atoms with E-state index in [1.807, 2.05) is 58.1 Å². The van der Waals surface area contributed by atoms with E-state index in [0.29, 0.717) is 69.8 Å². The first kappa shape index (κ1) is 55.0. The highest BCUT2D eigenvalue weighted by atomic mass is 16.5. The number of hydrogen-bond acceptors (Lipinski definition) is 13. The van der Waals surface area contributed by atoms with Crippen LogP contribution >= 0.6 is 0 Å². The number of piperidine rings is 1. The van der Waals surface area contributed by atoms with Gasteiger partial charge in [0.25, 0.3) is 11.7 Å². The van der Waals surface area contributed by atoms with E-state index in [-0.39, 0.29) is 73.8 Å². The Morgan fingerprint density at radius 2 is 1.52 bits per heavy atom. The van der Waals surface area contributed by atoms with Gasteiger partial charge in [0.2, 0.25) is 5.79 Å². The maximum absolute atomic E-state index is 14.1. The van der Waals surface area contributed by atoms with Crippen molar-refractivity contribution < 1.29 is 63.3 Å². The summed E-state index contributed by atoms with van der Waals surface area (Å²) in [6, 6.07) is -1.19. The Bertz CT molecular complexity index is 1670. The Morgan fingerprint density at radius 1 is 0.828 bits per heavy atom. The molecule has 2 heterocycles. The van der Waals surface area contributed by atoms with E-state index in [4.69, 9.17) is 18.9 Å². The lowest BCUT2D eigenvalue weighted by Crippen LogP contribution is -2.57. The van der Waals surface area contributed by atoms with Crippen LogP contribution < -0.4 is 0 Å². The van der Waals surface area contributed by atoms with Gasteiger partial charge >= 0.3 is 5.97 Å². The first-order valence-corrected chi connectivity index (χ1v) is 23.5. The fourth-order valence-electron chi connectivity index (χ4n) is 9.38. The number of hydrogen-bond donors (Lipinski definition) is 4. The molecule has 3 rings (SSSR count). The van der Waals surface area contributed by atoms with Gasteiger partial charge in [-0.15, -0.1) is 0 Å². The van der Waals surface area contributed by atoms with E-state index in [1.54, 1.807) is 27.2 Å². The molecule has 1 aliphatic carbocycles. The summed E-state index contributed by atoms with van der Waals surface area (Å²) in [6.45, 7) is 10.8. The summed E-state index contributed by atoms with van der Waals surface area (Å²) >= 11 is 0. The quantitative estimate of drug-likeness (QED) is 0.106. The molecule has 0 aromatic carbocycles. The number of aliphatic hydroxyl groups is 4. The van der Waals surface area contributed by atoms with E-state index in [9.17, 15) is 44.4 Å². The topological polar surface area (TPSA) is 206 Å². The zero-order chi connectivity index (χ0) is 47.7. The number of ketones is 3. The third kappa shape index (κ3) is 15.9. The number of carbonyl (C=O) groups is 5. The number of aliphatic hydroxyl groups excluding tert-OH is 2. The minimum Gasteiger partial charge on any atom is -0.460 e. The molecule has 14 heteroatoms. The molecule has 4 N–H and O–H groups in total. The average Bonchev–Trinajstić information content (AvgIpc) is 3.27. The van der Waals surface area contributed by atoms with E-state index in [1.165, 1.54) is 14.0 Å². The van der Waals surface area contributed by atoms with Crippen LogP contribution in [0.3, 0.4) is 0 Å². The van der Waals surface area contributed by atoms with Gasteiger partial charge in [-0.05, 0) is 107 Å². The number of nitrogens with zero attached hydrogens (tertiary/aromatic N) is 1. The summed E-state index contributed by atoms with van der Waals surface area (Å²) in [4.78, 5) is 69.9. The number of methoxy groups -OCH3 is 3. The molecule has 0 aromatic heterocycles. The number of carbonyl (C=O) groups excluding carboxylic acids is 5. The van der Waals surface area contributed by atoms with E-state index < -0.39 is 65.7 Å². The molecule has 3 aliphatic rings. The highest BCUT2D eigenvalue weighted by molar-refractivity contribution is 6.39. The molecule has 1 amide bonds. The zero-order valence-electron chi connectivity index (χ0n) is 39.9. The molecule has 64 heavy (non-hydrogen) atoms. The number of fused-ring (bicyclic) bond motifs is 1. The van der Waals surface area contributed by atoms with Gasteiger partial charge in [-0.25, -0.2) is 4.79 Å². The Hall–Kier alpha value is -3.37. The van der Waals surface area contributed by atoms with Crippen LogP contribution in [0.4, 0.5) is 0 Å². The molecule has 2 aliphatic heterocycles. The smallest absolute Gasteiger partial charge is 0.329 e. The van der Waals surface area contributed by atoms with Crippen LogP contribution in [0.25, 0.3) is 0 Å². The number of Topliss-reactive ketones (excluding diaryl/α,β-unsaturated/α-hetero) is 3. The first-order chi connectivity index (χ1) is 30.3. The van der Waals surface area contributed by atoms with Crippen LogP contribution in [-0.2, 0) is 42.9 Å². The summed E-state index contributed by atoms with van der Waals surface area (Å²) in [7, 11) is 4.54. The standard InChI is InChI=1S/C50H79NO13/c1-31-17-11-10-12-18-32(2)41(61-7)21-14-13-19-36(6)50(59,60)47(56)48(57)51-26-16-15-20-39(51)49(58)64-42(34(4)28-37-23-25-40(53)43(29-37)62-8)30-38(52)24-22-33(3)44(54)46(63-9)45(55)35(5)27-31/h10-12,17-18,22,31,34-37,39-44,46,53-54,59-60H,13-16,19-21,23-30H2,1-9H3/b12-10+,17-11+,32-18+,33-22+/t31-,34-,35-,36-,37+,39+,40-,41+,42+,43-,44-,46-/m1/s1. The van der Waals surface area contributed by atoms with Gasteiger partial charge in [0.15, 0.2) is 5.78 Å². The third-order valence-electron chi connectivity index (χ3n) is 13.8. The van der Waals surface area contributed by atoms with Crippen LogP contribution in [0.1, 0.15) is 131 Å². The van der Waals surface area contributed by atoms with Crippen molar-refractivity contribution in [1.29, 1.82) is 0 Å². The Balaban J connectivity index is 1.95. The zero-order valence-corrected chi connectivity index (χ0v) is 39.9. The van der Waals surface area contributed by atoms with Crippen molar-refractivity contribution in [2.24, 2.45) is 29.6 Å². The minimum absolute atomic E-state index is 0.0304. The van der Waals surface area contributed by atoms with Crippen molar-refractivity contribution in [2.75, 3.05) is 27.9 Å². The Labute approximate surface area is 381 Å². The van der Waals surface area contributed by atoms with Crippen molar-refractivity contribution in [3.63, 3.8) is 0 Å².